The molecule has 0 saturated carbocycles. The first-order valence-corrected chi connectivity index (χ1v) is 5.19. The zero-order chi connectivity index (χ0) is 10.7. The van der Waals surface area contributed by atoms with E-state index in [4.69, 9.17) is 0 Å². The molecule has 0 aliphatic carbocycles. The molecule has 2 rings (SSSR count). The van der Waals surface area contributed by atoms with E-state index in [9.17, 15) is 4.79 Å². The van der Waals surface area contributed by atoms with Gasteiger partial charge in [0.2, 0.25) is 5.91 Å². The molecular formula is C11H15N3O. The summed E-state index contributed by atoms with van der Waals surface area (Å²) in [6, 6.07) is 5.70. The highest BCUT2D eigenvalue weighted by Crippen LogP contribution is 2.10. The Morgan fingerprint density at radius 3 is 2.93 bits per heavy atom. The van der Waals surface area contributed by atoms with Gasteiger partial charge in [-0.25, -0.2) is 0 Å². The summed E-state index contributed by atoms with van der Waals surface area (Å²) in [6.07, 6.45) is 1.74. The third-order valence-corrected chi connectivity index (χ3v) is 2.64. The van der Waals surface area contributed by atoms with Crippen molar-refractivity contribution in [2.45, 2.75) is 13.0 Å². The fourth-order valence-corrected chi connectivity index (χ4v) is 1.51. The molecular weight excluding hydrogens is 190 g/mol. The van der Waals surface area contributed by atoms with E-state index in [2.05, 4.69) is 15.6 Å². The Morgan fingerprint density at radius 2 is 2.40 bits per heavy atom. The second-order valence-corrected chi connectivity index (χ2v) is 3.84. The van der Waals surface area contributed by atoms with Crippen molar-refractivity contribution in [3.05, 3.63) is 30.1 Å². The summed E-state index contributed by atoms with van der Waals surface area (Å²) >= 11 is 0. The first-order valence-electron chi connectivity index (χ1n) is 5.19. The number of hydrogen-bond donors (Lipinski definition) is 2. The number of amides is 1. The zero-order valence-corrected chi connectivity index (χ0v) is 8.73. The molecule has 4 heteroatoms. The lowest BCUT2D eigenvalue weighted by Gasteiger charge is -2.27. The van der Waals surface area contributed by atoms with Gasteiger partial charge in [0.05, 0.1) is 17.7 Å². The van der Waals surface area contributed by atoms with Crippen LogP contribution in [0.2, 0.25) is 0 Å². The summed E-state index contributed by atoms with van der Waals surface area (Å²) in [7, 11) is 0. The van der Waals surface area contributed by atoms with E-state index in [0.717, 1.165) is 18.8 Å². The average molecular weight is 205 g/mol. The highest BCUT2D eigenvalue weighted by atomic mass is 16.2. The van der Waals surface area contributed by atoms with Crippen LogP contribution in [-0.4, -0.2) is 24.0 Å². The summed E-state index contributed by atoms with van der Waals surface area (Å²) < 4.78 is 0. The third-order valence-electron chi connectivity index (χ3n) is 2.64. The number of carbonyl (C=O) groups is 1. The van der Waals surface area contributed by atoms with Gasteiger partial charge >= 0.3 is 0 Å². The van der Waals surface area contributed by atoms with Crippen LogP contribution < -0.4 is 10.6 Å². The molecule has 0 radical (unpaired) electrons. The molecule has 4 nitrogen and oxygen atoms in total. The Morgan fingerprint density at radius 1 is 1.60 bits per heavy atom. The normalized spacial score (nSPS) is 17.9. The molecule has 1 saturated heterocycles. The lowest BCUT2D eigenvalue weighted by molar-refractivity contribution is -0.127. The van der Waals surface area contributed by atoms with Crippen LogP contribution in [0.5, 0.6) is 0 Å². The quantitative estimate of drug-likeness (QED) is 0.754. The van der Waals surface area contributed by atoms with E-state index in [1.807, 2.05) is 25.1 Å². The maximum absolute atomic E-state index is 11.6. The average Bonchev–Trinajstić information content (AvgIpc) is 2.16. The van der Waals surface area contributed by atoms with E-state index in [1.165, 1.54) is 0 Å². The molecule has 2 heterocycles. The highest BCUT2D eigenvalue weighted by molar-refractivity contribution is 5.80. The summed E-state index contributed by atoms with van der Waals surface area (Å²) in [4.78, 5) is 15.8. The van der Waals surface area contributed by atoms with Gasteiger partial charge in [-0.2, -0.15) is 0 Å². The molecule has 1 atom stereocenters. The number of aromatic nitrogens is 1. The minimum Gasteiger partial charge on any atom is -0.348 e. The molecule has 80 valence electrons. The van der Waals surface area contributed by atoms with Crippen LogP contribution in [0.1, 0.15) is 18.7 Å². The number of rotatable bonds is 3. The van der Waals surface area contributed by atoms with E-state index < -0.39 is 0 Å². The molecule has 1 aliphatic heterocycles. The van der Waals surface area contributed by atoms with Crippen LogP contribution in [0.4, 0.5) is 0 Å². The molecule has 1 aliphatic rings. The molecule has 0 spiro atoms. The van der Waals surface area contributed by atoms with Crippen LogP contribution in [0.25, 0.3) is 0 Å². The maximum Gasteiger partial charge on any atom is 0.226 e. The third kappa shape index (κ3) is 2.33. The van der Waals surface area contributed by atoms with Crippen molar-refractivity contribution in [2.24, 2.45) is 5.92 Å². The molecule has 0 bridgehead atoms. The molecule has 0 aromatic carbocycles. The van der Waals surface area contributed by atoms with Gasteiger partial charge in [-0.1, -0.05) is 6.07 Å². The van der Waals surface area contributed by atoms with Crippen molar-refractivity contribution in [1.82, 2.24) is 15.6 Å². The molecule has 1 amide bonds. The maximum atomic E-state index is 11.6. The lowest BCUT2D eigenvalue weighted by Crippen LogP contribution is -2.51. The number of pyridine rings is 1. The minimum absolute atomic E-state index is 0.0145. The van der Waals surface area contributed by atoms with Gasteiger partial charge in [0.15, 0.2) is 0 Å². The van der Waals surface area contributed by atoms with E-state index in [-0.39, 0.29) is 17.9 Å². The van der Waals surface area contributed by atoms with Crippen molar-refractivity contribution in [2.75, 3.05) is 13.1 Å². The van der Waals surface area contributed by atoms with Gasteiger partial charge in [0.25, 0.3) is 0 Å². The topological polar surface area (TPSA) is 54.0 Å². The van der Waals surface area contributed by atoms with Crippen LogP contribution >= 0.6 is 0 Å². The summed E-state index contributed by atoms with van der Waals surface area (Å²) in [5, 5.41) is 6.04. The van der Waals surface area contributed by atoms with Crippen LogP contribution in [-0.2, 0) is 4.79 Å². The number of carbonyl (C=O) groups excluding carboxylic acids is 1. The first-order chi connectivity index (χ1) is 7.27. The zero-order valence-electron chi connectivity index (χ0n) is 8.73. The smallest absolute Gasteiger partial charge is 0.226 e. The Bertz CT molecular complexity index is 335. The molecule has 1 aromatic rings. The van der Waals surface area contributed by atoms with Gasteiger partial charge < -0.3 is 10.6 Å². The van der Waals surface area contributed by atoms with Crippen molar-refractivity contribution in [3.8, 4) is 0 Å². The van der Waals surface area contributed by atoms with E-state index in [0.29, 0.717) is 0 Å². The fraction of sp³-hybridized carbons (Fsp3) is 0.455. The summed E-state index contributed by atoms with van der Waals surface area (Å²) in [5.41, 5.74) is 0.901. The van der Waals surface area contributed by atoms with Crippen LogP contribution in [0.3, 0.4) is 0 Å². The van der Waals surface area contributed by atoms with Crippen LogP contribution in [0.15, 0.2) is 24.4 Å². The molecule has 1 aromatic heterocycles. The Hall–Kier alpha value is -1.42. The van der Waals surface area contributed by atoms with E-state index >= 15 is 0 Å². The SMILES string of the molecule is CC(NC(=O)C1CNC1)c1ccccn1. The van der Waals surface area contributed by atoms with Crippen molar-refractivity contribution in [1.29, 1.82) is 0 Å². The van der Waals surface area contributed by atoms with Gasteiger partial charge in [0, 0.05) is 19.3 Å². The van der Waals surface area contributed by atoms with E-state index in [1.54, 1.807) is 6.20 Å². The second kappa shape index (κ2) is 4.40. The fourth-order valence-electron chi connectivity index (χ4n) is 1.51. The van der Waals surface area contributed by atoms with Gasteiger partial charge in [-0.15, -0.1) is 0 Å². The number of nitrogens with one attached hydrogen (secondary N) is 2. The van der Waals surface area contributed by atoms with Crippen LogP contribution in [0, 0.1) is 5.92 Å². The minimum atomic E-state index is -0.0145. The molecule has 1 unspecified atom stereocenters. The molecule has 15 heavy (non-hydrogen) atoms. The molecule has 1 fully saturated rings. The monoisotopic (exact) mass is 205 g/mol. The lowest BCUT2D eigenvalue weighted by atomic mass is 10.0. The summed E-state index contributed by atoms with van der Waals surface area (Å²) in [6.45, 7) is 3.54. The van der Waals surface area contributed by atoms with Crippen molar-refractivity contribution >= 4 is 5.91 Å². The van der Waals surface area contributed by atoms with Gasteiger partial charge in [-0.3, -0.25) is 9.78 Å². The first kappa shape index (κ1) is 10.1. The Kier molecular flexibility index (Phi) is 2.97. The van der Waals surface area contributed by atoms with Crippen molar-refractivity contribution in [3.63, 3.8) is 0 Å². The second-order valence-electron chi connectivity index (χ2n) is 3.84. The van der Waals surface area contributed by atoms with Gasteiger partial charge in [-0.05, 0) is 19.1 Å². The Balaban J connectivity index is 1.91. The summed E-state index contributed by atoms with van der Waals surface area (Å²) in [5.74, 6) is 0.253. The predicted octanol–water partition coefficient (Wildman–Crippen LogP) is 0.478. The standard InChI is InChI=1S/C11H15N3O/c1-8(10-4-2-3-5-13-10)14-11(15)9-6-12-7-9/h2-5,8-9,12H,6-7H2,1H3,(H,14,15). The van der Waals surface area contributed by atoms with Gasteiger partial charge in [0.1, 0.15) is 0 Å². The number of nitrogens with zero attached hydrogens (tertiary/aromatic N) is 1. The highest BCUT2D eigenvalue weighted by Gasteiger charge is 2.25. The number of hydrogen-bond acceptors (Lipinski definition) is 3. The van der Waals surface area contributed by atoms with Crippen molar-refractivity contribution < 1.29 is 4.79 Å². The largest absolute Gasteiger partial charge is 0.348 e. The predicted molar refractivity (Wildman–Crippen MR) is 57.2 cm³/mol. The molecule has 2 N–H and O–H groups in total. The Labute approximate surface area is 89.1 Å².